The second kappa shape index (κ2) is 14.8. The third kappa shape index (κ3) is 8.87. The molecule has 0 saturated carbocycles. The number of ether oxygens (including phenoxy) is 2. The van der Waals surface area contributed by atoms with Crippen LogP contribution in [0.25, 0.3) is 21.5 Å². The van der Waals surface area contributed by atoms with Crippen LogP contribution in [0.5, 0.6) is 5.75 Å². The Kier molecular flexibility index (Phi) is 11.4. The number of carbonyl (C=O) groups is 1. The molecule has 0 aliphatic carbocycles. The lowest BCUT2D eigenvalue weighted by Gasteiger charge is -2.20. The minimum Gasteiger partial charge on any atom is -0.478 e. The summed E-state index contributed by atoms with van der Waals surface area (Å²) in [7, 11) is 0. The number of carbonyl (C=O) groups excluding carboxylic acids is 1. The van der Waals surface area contributed by atoms with Crippen LogP contribution < -0.4 is 4.74 Å². The summed E-state index contributed by atoms with van der Waals surface area (Å²) in [5.74, 6) is 0.493. The maximum absolute atomic E-state index is 12.9. The average molecular weight is 477 g/mol. The van der Waals surface area contributed by atoms with Gasteiger partial charge in [0.25, 0.3) is 0 Å². The summed E-state index contributed by atoms with van der Waals surface area (Å²) < 4.78 is 11.9. The number of fused-ring (bicyclic) bond motifs is 2. The summed E-state index contributed by atoms with van der Waals surface area (Å²) in [6.45, 7) is 6.05. The van der Waals surface area contributed by atoms with E-state index >= 15 is 0 Å². The van der Waals surface area contributed by atoms with E-state index in [0.29, 0.717) is 6.42 Å². The smallest absolute Gasteiger partial charge is 0.347 e. The highest BCUT2D eigenvalue weighted by Gasteiger charge is 2.23. The van der Waals surface area contributed by atoms with Crippen LogP contribution in [0.1, 0.15) is 97.8 Å². The lowest BCUT2D eigenvalue weighted by atomic mass is 10.0. The maximum atomic E-state index is 12.9. The molecule has 0 amide bonds. The Balaban J connectivity index is 1.55. The van der Waals surface area contributed by atoms with E-state index in [1.54, 1.807) is 0 Å². The zero-order valence-electron chi connectivity index (χ0n) is 22.1. The van der Waals surface area contributed by atoms with Gasteiger partial charge in [-0.1, -0.05) is 108 Å². The van der Waals surface area contributed by atoms with Gasteiger partial charge in [0, 0.05) is 5.39 Å². The van der Waals surface area contributed by atoms with E-state index < -0.39 is 6.10 Å². The summed E-state index contributed by atoms with van der Waals surface area (Å²) in [6, 6.07) is 18.7. The largest absolute Gasteiger partial charge is 0.478 e. The van der Waals surface area contributed by atoms with E-state index in [1.165, 1.54) is 68.6 Å². The summed E-state index contributed by atoms with van der Waals surface area (Å²) in [6.07, 6.45) is 14.1. The number of rotatable bonds is 16. The molecular weight excluding hydrogens is 432 g/mol. The standard InChI is InChI=1S/C32H44O3/c1-4-5-6-7-8-9-10-11-12-13-14-21-31(32(33)34-25(2)3)35-30-22-17-20-28-23-26-18-15-16-19-27(26)24-29(28)30/h15-20,22-25,31H,4-14,21H2,1-3H3. The number of benzene rings is 3. The molecule has 0 saturated heterocycles. The molecule has 1 atom stereocenters. The molecule has 3 aromatic carbocycles. The lowest BCUT2D eigenvalue weighted by molar-refractivity contribution is -0.156. The first-order chi connectivity index (χ1) is 17.1. The molecule has 1 unspecified atom stereocenters. The first-order valence-corrected chi connectivity index (χ1v) is 13.9. The maximum Gasteiger partial charge on any atom is 0.347 e. The molecule has 190 valence electrons. The summed E-state index contributed by atoms with van der Waals surface area (Å²) in [5.41, 5.74) is 0. The van der Waals surface area contributed by atoms with Gasteiger partial charge in [-0.3, -0.25) is 0 Å². The molecule has 0 aromatic heterocycles. The van der Waals surface area contributed by atoms with Crippen LogP contribution >= 0.6 is 0 Å². The summed E-state index contributed by atoms with van der Waals surface area (Å²) in [5, 5.41) is 4.52. The first kappa shape index (κ1) is 27.0. The molecule has 3 aromatic rings. The Morgan fingerprint density at radius 1 is 0.714 bits per heavy atom. The Bertz CT molecular complexity index is 1040. The molecule has 3 rings (SSSR count). The van der Waals surface area contributed by atoms with E-state index in [2.05, 4.69) is 43.3 Å². The van der Waals surface area contributed by atoms with Crippen LogP contribution in [0.2, 0.25) is 0 Å². The Morgan fingerprint density at radius 3 is 1.91 bits per heavy atom. The highest BCUT2D eigenvalue weighted by Crippen LogP contribution is 2.31. The van der Waals surface area contributed by atoms with E-state index in [-0.39, 0.29) is 12.1 Å². The zero-order chi connectivity index (χ0) is 24.9. The minimum atomic E-state index is -0.576. The Hall–Kier alpha value is -2.55. The monoisotopic (exact) mass is 476 g/mol. The molecule has 0 fully saturated rings. The molecule has 0 radical (unpaired) electrons. The summed E-state index contributed by atoms with van der Waals surface area (Å²) >= 11 is 0. The van der Waals surface area contributed by atoms with Gasteiger partial charge in [-0.2, -0.15) is 0 Å². The van der Waals surface area contributed by atoms with Crippen molar-refractivity contribution in [2.75, 3.05) is 0 Å². The molecule has 0 aliphatic rings. The van der Waals surface area contributed by atoms with Gasteiger partial charge in [0.2, 0.25) is 0 Å². The van der Waals surface area contributed by atoms with Gasteiger partial charge in [-0.15, -0.1) is 0 Å². The van der Waals surface area contributed by atoms with Crippen molar-refractivity contribution in [2.45, 2.75) is 110 Å². The van der Waals surface area contributed by atoms with Crippen LogP contribution in [0, 0.1) is 0 Å². The Labute approximate surface area is 212 Å². The lowest BCUT2D eigenvalue weighted by Crippen LogP contribution is -2.31. The molecule has 3 nitrogen and oxygen atoms in total. The van der Waals surface area contributed by atoms with Crippen molar-refractivity contribution >= 4 is 27.5 Å². The van der Waals surface area contributed by atoms with Gasteiger partial charge in [-0.25, -0.2) is 4.79 Å². The minimum absolute atomic E-state index is 0.151. The third-order valence-corrected chi connectivity index (χ3v) is 6.66. The summed E-state index contributed by atoms with van der Waals surface area (Å²) in [4.78, 5) is 12.9. The quantitative estimate of drug-likeness (QED) is 0.117. The Morgan fingerprint density at radius 2 is 1.29 bits per heavy atom. The van der Waals surface area contributed by atoms with Crippen LogP contribution in [0.4, 0.5) is 0 Å². The van der Waals surface area contributed by atoms with Crippen molar-refractivity contribution in [3.8, 4) is 5.75 Å². The van der Waals surface area contributed by atoms with Crippen LogP contribution in [-0.4, -0.2) is 18.2 Å². The fourth-order valence-corrected chi connectivity index (χ4v) is 4.72. The molecule has 0 N–H and O–H groups in total. The molecule has 3 heteroatoms. The van der Waals surface area contributed by atoms with E-state index in [0.717, 1.165) is 29.4 Å². The molecule has 0 aliphatic heterocycles. The number of hydrogen-bond acceptors (Lipinski definition) is 3. The normalized spacial score (nSPS) is 12.3. The number of esters is 1. The molecule has 0 heterocycles. The second-order valence-corrected chi connectivity index (χ2v) is 10.1. The number of unbranched alkanes of at least 4 members (excludes halogenated alkanes) is 10. The van der Waals surface area contributed by atoms with Gasteiger partial charge < -0.3 is 9.47 Å². The van der Waals surface area contributed by atoms with Gasteiger partial charge in [-0.05, 0) is 61.0 Å². The van der Waals surface area contributed by atoms with Gasteiger partial charge in [0.15, 0.2) is 6.10 Å². The SMILES string of the molecule is CCCCCCCCCCCCCC(Oc1cccc2cc3ccccc3cc12)C(=O)OC(C)C. The highest BCUT2D eigenvalue weighted by atomic mass is 16.6. The van der Waals surface area contributed by atoms with Gasteiger partial charge >= 0.3 is 5.97 Å². The molecule has 0 spiro atoms. The van der Waals surface area contributed by atoms with Crippen molar-refractivity contribution in [2.24, 2.45) is 0 Å². The van der Waals surface area contributed by atoms with E-state index in [9.17, 15) is 4.79 Å². The predicted octanol–water partition coefficient (Wildman–Crippen LogP) is 9.39. The van der Waals surface area contributed by atoms with Gasteiger partial charge in [0.1, 0.15) is 5.75 Å². The first-order valence-electron chi connectivity index (χ1n) is 13.9. The van der Waals surface area contributed by atoms with Crippen molar-refractivity contribution < 1.29 is 14.3 Å². The van der Waals surface area contributed by atoms with Crippen LogP contribution in [0.3, 0.4) is 0 Å². The molecule has 0 bridgehead atoms. The van der Waals surface area contributed by atoms with E-state index in [4.69, 9.17) is 9.47 Å². The van der Waals surface area contributed by atoms with Crippen molar-refractivity contribution in [3.05, 3.63) is 54.6 Å². The zero-order valence-corrected chi connectivity index (χ0v) is 22.1. The second-order valence-electron chi connectivity index (χ2n) is 10.1. The van der Waals surface area contributed by atoms with Crippen LogP contribution in [0.15, 0.2) is 54.6 Å². The predicted molar refractivity (Wildman–Crippen MR) is 148 cm³/mol. The fraction of sp³-hybridized carbons (Fsp3) is 0.531. The fourth-order valence-electron chi connectivity index (χ4n) is 4.72. The highest BCUT2D eigenvalue weighted by molar-refractivity contribution is 6.01. The van der Waals surface area contributed by atoms with Crippen molar-refractivity contribution in [1.29, 1.82) is 0 Å². The third-order valence-electron chi connectivity index (χ3n) is 6.66. The topological polar surface area (TPSA) is 35.5 Å². The van der Waals surface area contributed by atoms with E-state index in [1.807, 2.05) is 32.0 Å². The van der Waals surface area contributed by atoms with Crippen molar-refractivity contribution in [3.63, 3.8) is 0 Å². The molecule has 35 heavy (non-hydrogen) atoms. The average Bonchev–Trinajstić information content (AvgIpc) is 2.85. The number of hydrogen-bond donors (Lipinski definition) is 0. The molecular formula is C32H44O3. The van der Waals surface area contributed by atoms with Crippen molar-refractivity contribution in [1.82, 2.24) is 0 Å². The van der Waals surface area contributed by atoms with Gasteiger partial charge in [0.05, 0.1) is 6.10 Å². The van der Waals surface area contributed by atoms with Crippen LogP contribution in [-0.2, 0) is 9.53 Å².